The van der Waals surface area contributed by atoms with Crippen molar-refractivity contribution < 1.29 is 8.42 Å². The van der Waals surface area contributed by atoms with Crippen molar-refractivity contribution in [3.05, 3.63) is 82.2 Å². The number of aryl methyl sites for hydroxylation is 4. The van der Waals surface area contributed by atoms with E-state index in [2.05, 4.69) is 35.5 Å². The van der Waals surface area contributed by atoms with Gasteiger partial charge in [-0.15, -0.1) is 23.2 Å². The smallest absolute Gasteiger partial charge is 0.252 e. The van der Waals surface area contributed by atoms with Crippen molar-refractivity contribution >= 4 is 72.4 Å². The largest absolute Gasteiger partial charge is 0.396 e. The molecule has 242 valence electrons. The van der Waals surface area contributed by atoms with Gasteiger partial charge in [-0.2, -0.15) is 20.2 Å². The molecule has 6 aromatic heterocycles. The SMILES string of the molecule is CS(=O)(=O)c1ncc2ccc(=O)n(CCCl)c2n1.Cn1cc(N)cn1.Cn1cc(Nc2ncc3ccc(=O)n(CCCl)c3n2)cn1. The summed E-state index contributed by atoms with van der Waals surface area (Å²) < 4.78 is 29.0. The van der Waals surface area contributed by atoms with E-state index < -0.39 is 9.84 Å². The molecule has 3 N–H and O–H groups in total. The number of nitrogens with zero attached hydrogens (tertiary/aromatic N) is 10. The molecule has 0 aliphatic carbocycles. The molecule has 0 fully saturated rings. The summed E-state index contributed by atoms with van der Waals surface area (Å²) in [5.41, 5.74) is 7.21. The standard InChI is InChI=1S/C13H13ClN6O.C10H10ClN3O3S.C4H7N3/c1-19-8-10(7-16-19)17-13-15-6-9-2-3-11(21)20(5-4-14)12(9)18-13;1-18(16,17)10-12-6-7-2-3-8(15)14(5-4-11)9(7)13-10;1-7-3-4(5)2-6-7/h2-3,6-8H,4-5H2,1H3,(H,15,17,18);2-3,6H,4-5H2,1H3;2-3H,5H2,1H3. The number of nitrogen functional groups attached to an aromatic ring is 1. The van der Waals surface area contributed by atoms with Crippen LogP contribution in [0.4, 0.5) is 17.3 Å². The number of sulfone groups is 1. The number of rotatable bonds is 7. The van der Waals surface area contributed by atoms with Gasteiger partial charge in [-0.25, -0.2) is 18.4 Å². The second-order valence-electron chi connectivity index (χ2n) is 9.68. The number of aromatic nitrogens is 10. The number of fused-ring (bicyclic) bond motifs is 2. The lowest BCUT2D eigenvalue weighted by atomic mass is 10.3. The number of pyridine rings is 2. The van der Waals surface area contributed by atoms with Crippen LogP contribution in [-0.4, -0.2) is 75.1 Å². The highest BCUT2D eigenvalue weighted by molar-refractivity contribution is 7.90. The van der Waals surface area contributed by atoms with Gasteiger partial charge < -0.3 is 11.1 Å². The summed E-state index contributed by atoms with van der Waals surface area (Å²) in [5.74, 6) is 0.982. The zero-order chi connectivity index (χ0) is 33.4. The lowest BCUT2D eigenvalue weighted by Crippen LogP contribution is -2.21. The first kappa shape index (κ1) is 34.0. The van der Waals surface area contributed by atoms with Crippen LogP contribution in [0.5, 0.6) is 0 Å². The first-order valence-electron chi connectivity index (χ1n) is 13.4. The molecular weight excluding hydrogens is 659 g/mol. The van der Waals surface area contributed by atoms with Gasteiger partial charge in [-0.3, -0.25) is 28.1 Å². The van der Waals surface area contributed by atoms with Gasteiger partial charge >= 0.3 is 0 Å². The van der Waals surface area contributed by atoms with Crippen molar-refractivity contribution in [3.63, 3.8) is 0 Å². The molecule has 0 unspecified atom stereocenters. The van der Waals surface area contributed by atoms with Crippen molar-refractivity contribution in [2.75, 3.05) is 29.1 Å². The molecule has 46 heavy (non-hydrogen) atoms. The number of halogens is 2. The molecule has 0 atom stereocenters. The molecule has 16 nitrogen and oxygen atoms in total. The van der Waals surface area contributed by atoms with Gasteiger partial charge in [0.05, 0.1) is 23.8 Å². The van der Waals surface area contributed by atoms with E-state index in [1.165, 1.54) is 22.9 Å². The van der Waals surface area contributed by atoms with Crippen LogP contribution in [0, 0.1) is 0 Å². The van der Waals surface area contributed by atoms with E-state index in [4.69, 9.17) is 28.9 Å². The molecule has 0 bridgehead atoms. The van der Waals surface area contributed by atoms with E-state index in [-0.39, 0.29) is 34.3 Å². The number of nitrogens with one attached hydrogen (secondary N) is 1. The third kappa shape index (κ3) is 8.64. The molecule has 0 saturated carbocycles. The van der Waals surface area contributed by atoms with E-state index in [0.29, 0.717) is 35.1 Å². The van der Waals surface area contributed by atoms with Crippen LogP contribution in [0.2, 0.25) is 0 Å². The summed E-state index contributed by atoms with van der Waals surface area (Å²) in [6.07, 6.45) is 10.9. The summed E-state index contributed by atoms with van der Waals surface area (Å²) >= 11 is 11.4. The fourth-order valence-electron chi connectivity index (χ4n) is 4.02. The monoisotopic (exact) mass is 688 g/mol. The molecule has 6 heterocycles. The molecule has 0 saturated heterocycles. The lowest BCUT2D eigenvalue weighted by molar-refractivity contribution is 0.593. The Morgan fingerprint density at radius 3 is 1.78 bits per heavy atom. The Hall–Kier alpha value is -4.87. The highest BCUT2D eigenvalue weighted by Gasteiger charge is 2.14. The predicted octanol–water partition coefficient (Wildman–Crippen LogP) is 1.94. The average Bonchev–Trinajstić information content (AvgIpc) is 3.61. The van der Waals surface area contributed by atoms with Gasteiger partial charge in [0.2, 0.25) is 20.9 Å². The Bertz CT molecular complexity index is 2180. The Morgan fingerprint density at radius 2 is 1.33 bits per heavy atom. The quantitative estimate of drug-likeness (QED) is 0.182. The number of alkyl halides is 2. The van der Waals surface area contributed by atoms with Gasteiger partial charge in [0.15, 0.2) is 0 Å². The summed E-state index contributed by atoms with van der Waals surface area (Å²) in [5, 5.41) is 12.0. The Balaban J connectivity index is 0.000000174. The molecule has 0 spiro atoms. The maximum Gasteiger partial charge on any atom is 0.252 e. The maximum absolute atomic E-state index is 11.9. The highest BCUT2D eigenvalue weighted by Crippen LogP contribution is 2.15. The van der Waals surface area contributed by atoms with Gasteiger partial charge in [-0.1, -0.05) is 0 Å². The minimum Gasteiger partial charge on any atom is -0.396 e. The van der Waals surface area contributed by atoms with Crippen molar-refractivity contribution in [2.24, 2.45) is 14.1 Å². The molecule has 0 aliphatic heterocycles. The summed E-state index contributed by atoms with van der Waals surface area (Å²) in [6.45, 7) is 0.666. The fourth-order valence-corrected chi connectivity index (χ4v) is 4.86. The molecule has 0 aromatic carbocycles. The van der Waals surface area contributed by atoms with Gasteiger partial charge in [-0.05, 0) is 12.1 Å². The second-order valence-corrected chi connectivity index (χ2v) is 12.3. The fraction of sp³-hybridized carbons (Fsp3) is 0.259. The van der Waals surface area contributed by atoms with Crippen LogP contribution >= 0.6 is 23.2 Å². The lowest BCUT2D eigenvalue weighted by Gasteiger charge is -2.08. The Labute approximate surface area is 272 Å². The highest BCUT2D eigenvalue weighted by atomic mass is 35.5. The van der Waals surface area contributed by atoms with E-state index in [1.54, 1.807) is 50.9 Å². The van der Waals surface area contributed by atoms with E-state index in [1.807, 2.05) is 20.3 Å². The number of hydrogen-bond donors (Lipinski definition) is 2. The van der Waals surface area contributed by atoms with Gasteiger partial charge in [0.1, 0.15) is 11.3 Å². The van der Waals surface area contributed by atoms with Crippen molar-refractivity contribution in [1.29, 1.82) is 0 Å². The molecule has 0 aliphatic rings. The van der Waals surface area contributed by atoms with E-state index >= 15 is 0 Å². The third-order valence-corrected chi connectivity index (χ3v) is 7.26. The average molecular weight is 690 g/mol. The van der Waals surface area contributed by atoms with Crippen LogP contribution in [0.25, 0.3) is 22.1 Å². The molecule has 19 heteroatoms. The zero-order valence-corrected chi connectivity index (χ0v) is 27.3. The second kappa shape index (κ2) is 14.9. The van der Waals surface area contributed by atoms with Crippen LogP contribution in [0.1, 0.15) is 0 Å². The van der Waals surface area contributed by atoms with Gasteiger partial charge in [0, 0.05) is 92.9 Å². The molecule has 6 rings (SSSR count). The van der Waals surface area contributed by atoms with Crippen molar-refractivity contribution in [1.82, 2.24) is 48.6 Å². The van der Waals surface area contributed by atoms with Crippen molar-refractivity contribution in [3.8, 4) is 0 Å². The van der Waals surface area contributed by atoms with E-state index in [0.717, 1.165) is 17.3 Å². The van der Waals surface area contributed by atoms with Crippen molar-refractivity contribution in [2.45, 2.75) is 18.2 Å². The molecule has 0 radical (unpaired) electrons. The Morgan fingerprint density at radius 1 is 0.783 bits per heavy atom. The van der Waals surface area contributed by atoms with Crippen LogP contribution in [0.15, 0.2) is 76.2 Å². The topological polar surface area (TPSA) is 203 Å². The molecule has 6 aromatic rings. The normalized spacial score (nSPS) is 11.1. The summed E-state index contributed by atoms with van der Waals surface area (Å²) in [4.78, 5) is 39.9. The maximum atomic E-state index is 11.9. The summed E-state index contributed by atoms with van der Waals surface area (Å²) in [6, 6.07) is 6.12. The van der Waals surface area contributed by atoms with Crippen LogP contribution in [0.3, 0.4) is 0 Å². The zero-order valence-electron chi connectivity index (χ0n) is 24.9. The minimum atomic E-state index is -3.51. The summed E-state index contributed by atoms with van der Waals surface area (Å²) in [7, 11) is 0.144. The minimum absolute atomic E-state index is 0.130. The van der Waals surface area contributed by atoms with Crippen LogP contribution < -0.4 is 22.2 Å². The number of nitrogens with two attached hydrogens (primary N) is 1. The molecule has 0 amide bonds. The number of anilines is 3. The first-order valence-corrected chi connectivity index (χ1v) is 16.4. The first-order chi connectivity index (χ1) is 21.9. The van der Waals surface area contributed by atoms with E-state index in [9.17, 15) is 18.0 Å². The van der Waals surface area contributed by atoms with Gasteiger partial charge in [0.25, 0.3) is 11.1 Å². The number of hydrogen-bond acceptors (Lipinski definition) is 12. The van der Waals surface area contributed by atoms with Crippen LogP contribution in [-0.2, 0) is 37.0 Å². The predicted molar refractivity (Wildman–Crippen MR) is 176 cm³/mol. The molecular formula is C27H30Cl2N12O4S. The third-order valence-electron chi connectivity index (χ3n) is 6.06. The Kier molecular flexibility index (Phi) is 11.0.